The maximum Gasteiger partial charge on any atom is 0.278 e. The minimum absolute atomic E-state index is 0.0604. The van der Waals surface area contributed by atoms with Crippen molar-refractivity contribution in [1.29, 1.82) is 0 Å². The van der Waals surface area contributed by atoms with Crippen LogP contribution in [0, 0.1) is 12.7 Å². The monoisotopic (exact) mass is 384 g/mol. The van der Waals surface area contributed by atoms with Gasteiger partial charge in [-0.25, -0.2) is 4.39 Å². The molecule has 0 saturated carbocycles. The lowest BCUT2D eigenvalue weighted by Gasteiger charge is -2.18. The molecule has 144 valence electrons. The summed E-state index contributed by atoms with van der Waals surface area (Å²) in [6, 6.07) is 10.7. The first-order valence-electron chi connectivity index (χ1n) is 8.64. The lowest BCUT2D eigenvalue weighted by atomic mass is 10.2. The molecule has 1 amide bonds. The van der Waals surface area contributed by atoms with Crippen molar-refractivity contribution in [3.63, 3.8) is 0 Å². The van der Waals surface area contributed by atoms with Gasteiger partial charge in [-0.2, -0.15) is 0 Å². The Bertz CT molecular complexity index is 1000. The molecule has 0 radical (unpaired) electrons. The number of aromatic nitrogens is 1. The van der Waals surface area contributed by atoms with Gasteiger partial charge in [-0.1, -0.05) is 5.16 Å². The van der Waals surface area contributed by atoms with Crippen LogP contribution in [0.15, 0.2) is 47.0 Å². The Balaban J connectivity index is 1.48. The number of nitrogens with zero attached hydrogens (tertiary/aromatic N) is 1. The van der Waals surface area contributed by atoms with E-state index in [0.717, 1.165) is 0 Å². The van der Waals surface area contributed by atoms with E-state index in [1.165, 1.54) is 24.3 Å². The van der Waals surface area contributed by atoms with Gasteiger partial charge in [0.2, 0.25) is 0 Å². The normalized spacial score (nSPS) is 12.5. The first kappa shape index (κ1) is 17.8. The highest BCUT2D eigenvalue weighted by Crippen LogP contribution is 2.32. The van der Waals surface area contributed by atoms with Crippen LogP contribution in [0.2, 0.25) is 0 Å². The molecule has 0 aliphatic carbocycles. The number of benzene rings is 2. The standard InChI is InChI=1S/C20H17FN2O5/c1-12-16(11-27-15-5-2-13(21)3-6-15)19(23-28-12)20(24)22-14-4-7-17-18(10-14)26-9-8-25-17/h2-7,10H,8-9,11H2,1H3,(H,22,24). The van der Waals surface area contributed by atoms with Gasteiger partial charge >= 0.3 is 0 Å². The molecule has 8 heteroatoms. The van der Waals surface area contributed by atoms with Gasteiger partial charge in [-0.3, -0.25) is 4.79 Å². The number of nitrogens with one attached hydrogen (secondary N) is 1. The number of hydrogen-bond donors (Lipinski definition) is 1. The van der Waals surface area contributed by atoms with E-state index in [-0.39, 0.29) is 18.1 Å². The molecule has 2 aromatic carbocycles. The lowest BCUT2D eigenvalue weighted by molar-refractivity contribution is 0.101. The second-order valence-electron chi connectivity index (χ2n) is 6.12. The molecule has 1 aliphatic heterocycles. The molecule has 2 heterocycles. The van der Waals surface area contributed by atoms with Crippen molar-refractivity contribution in [2.45, 2.75) is 13.5 Å². The number of carbonyl (C=O) groups is 1. The van der Waals surface area contributed by atoms with Crippen LogP contribution in [-0.2, 0) is 6.61 Å². The minimum Gasteiger partial charge on any atom is -0.489 e. The maximum absolute atomic E-state index is 13.0. The fourth-order valence-electron chi connectivity index (χ4n) is 2.74. The Morgan fingerprint density at radius 2 is 1.89 bits per heavy atom. The van der Waals surface area contributed by atoms with Crippen LogP contribution in [0.3, 0.4) is 0 Å². The van der Waals surface area contributed by atoms with E-state index in [4.69, 9.17) is 18.7 Å². The highest BCUT2D eigenvalue weighted by Gasteiger charge is 2.21. The fourth-order valence-corrected chi connectivity index (χ4v) is 2.74. The molecule has 4 rings (SSSR count). The third kappa shape index (κ3) is 3.75. The first-order chi connectivity index (χ1) is 13.6. The molecule has 0 saturated heterocycles. The largest absolute Gasteiger partial charge is 0.489 e. The maximum atomic E-state index is 13.0. The molecule has 7 nitrogen and oxygen atoms in total. The number of halogens is 1. The molecule has 1 aliphatic rings. The summed E-state index contributed by atoms with van der Waals surface area (Å²) in [4.78, 5) is 12.7. The quantitative estimate of drug-likeness (QED) is 0.722. The second kappa shape index (κ2) is 7.59. The number of fused-ring (bicyclic) bond motifs is 1. The molecule has 3 aromatic rings. The summed E-state index contributed by atoms with van der Waals surface area (Å²) in [5.74, 6) is 1.35. The van der Waals surface area contributed by atoms with Crippen LogP contribution < -0.4 is 19.5 Å². The third-order valence-electron chi connectivity index (χ3n) is 4.20. The average Bonchev–Trinajstić information content (AvgIpc) is 3.08. The second-order valence-corrected chi connectivity index (χ2v) is 6.12. The summed E-state index contributed by atoms with van der Waals surface area (Å²) >= 11 is 0. The lowest BCUT2D eigenvalue weighted by Crippen LogP contribution is -2.17. The molecule has 0 fully saturated rings. The summed E-state index contributed by atoms with van der Waals surface area (Å²) in [7, 11) is 0. The number of hydrogen-bond acceptors (Lipinski definition) is 6. The number of aryl methyl sites for hydroxylation is 1. The summed E-state index contributed by atoms with van der Waals surface area (Å²) in [6.07, 6.45) is 0. The van der Waals surface area contributed by atoms with Crippen LogP contribution in [0.25, 0.3) is 0 Å². The number of carbonyl (C=O) groups excluding carboxylic acids is 1. The van der Waals surface area contributed by atoms with Crippen LogP contribution in [0.4, 0.5) is 10.1 Å². The molecule has 28 heavy (non-hydrogen) atoms. The highest BCUT2D eigenvalue weighted by molar-refractivity contribution is 6.04. The van der Waals surface area contributed by atoms with Gasteiger partial charge in [0.1, 0.15) is 37.1 Å². The summed E-state index contributed by atoms with van der Waals surface area (Å²) in [6.45, 7) is 2.70. The van der Waals surface area contributed by atoms with Gasteiger partial charge in [0, 0.05) is 11.8 Å². The van der Waals surface area contributed by atoms with Crippen LogP contribution >= 0.6 is 0 Å². The zero-order valence-corrected chi connectivity index (χ0v) is 15.0. The van der Waals surface area contributed by atoms with E-state index < -0.39 is 5.91 Å². The van der Waals surface area contributed by atoms with Gasteiger partial charge in [-0.05, 0) is 43.3 Å². The van der Waals surface area contributed by atoms with Crippen molar-refractivity contribution >= 4 is 11.6 Å². The van der Waals surface area contributed by atoms with E-state index in [9.17, 15) is 9.18 Å². The van der Waals surface area contributed by atoms with E-state index in [1.54, 1.807) is 25.1 Å². The molecular weight excluding hydrogens is 367 g/mol. The van der Waals surface area contributed by atoms with Crippen molar-refractivity contribution in [3.8, 4) is 17.2 Å². The Hall–Kier alpha value is -3.55. The van der Waals surface area contributed by atoms with E-state index in [0.29, 0.717) is 47.5 Å². The summed E-state index contributed by atoms with van der Waals surface area (Å²) in [5.41, 5.74) is 1.18. The Labute approximate surface area is 160 Å². The Morgan fingerprint density at radius 3 is 2.68 bits per heavy atom. The number of rotatable bonds is 5. The summed E-state index contributed by atoms with van der Waals surface area (Å²) < 4.78 is 34.8. The minimum atomic E-state index is -0.439. The van der Waals surface area contributed by atoms with Gasteiger partial charge in [0.05, 0.1) is 5.56 Å². The van der Waals surface area contributed by atoms with Gasteiger partial charge < -0.3 is 24.1 Å². The summed E-state index contributed by atoms with van der Waals surface area (Å²) in [5, 5.41) is 6.61. The van der Waals surface area contributed by atoms with Crippen molar-refractivity contribution in [2.24, 2.45) is 0 Å². The van der Waals surface area contributed by atoms with Crippen molar-refractivity contribution in [1.82, 2.24) is 5.16 Å². The van der Waals surface area contributed by atoms with Crippen LogP contribution in [-0.4, -0.2) is 24.3 Å². The zero-order valence-electron chi connectivity index (χ0n) is 15.0. The Morgan fingerprint density at radius 1 is 1.14 bits per heavy atom. The highest BCUT2D eigenvalue weighted by atomic mass is 19.1. The van der Waals surface area contributed by atoms with E-state index >= 15 is 0 Å². The Kier molecular flexibility index (Phi) is 4.84. The first-order valence-corrected chi connectivity index (χ1v) is 8.64. The van der Waals surface area contributed by atoms with E-state index in [2.05, 4.69) is 10.5 Å². The third-order valence-corrected chi connectivity index (χ3v) is 4.20. The van der Waals surface area contributed by atoms with E-state index in [1.807, 2.05) is 0 Å². The van der Waals surface area contributed by atoms with Gasteiger partial charge in [0.25, 0.3) is 5.91 Å². The van der Waals surface area contributed by atoms with Crippen LogP contribution in [0.5, 0.6) is 17.2 Å². The molecule has 1 aromatic heterocycles. The SMILES string of the molecule is Cc1onc(C(=O)Nc2ccc3c(c2)OCCO3)c1COc1ccc(F)cc1. The van der Waals surface area contributed by atoms with Crippen LogP contribution in [0.1, 0.15) is 21.8 Å². The number of ether oxygens (including phenoxy) is 3. The number of amides is 1. The molecule has 0 unspecified atom stereocenters. The van der Waals surface area contributed by atoms with Crippen molar-refractivity contribution < 1.29 is 27.9 Å². The topological polar surface area (TPSA) is 82.8 Å². The number of anilines is 1. The van der Waals surface area contributed by atoms with Gasteiger partial charge in [-0.15, -0.1) is 0 Å². The molecular formula is C20H17FN2O5. The van der Waals surface area contributed by atoms with Crippen molar-refractivity contribution in [2.75, 3.05) is 18.5 Å². The predicted octanol–water partition coefficient (Wildman–Crippen LogP) is 3.72. The predicted molar refractivity (Wildman–Crippen MR) is 97.4 cm³/mol. The molecule has 0 atom stereocenters. The fraction of sp³-hybridized carbons (Fsp3) is 0.200. The average molecular weight is 384 g/mol. The molecule has 1 N–H and O–H groups in total. The van der Waals surface area contributed by atoms with Gasteiger partial charge in [0.15, 0.2) is 17.2 Å². The molecule has 0 spiro atoms. The smallest absolute Gasteiger partial charge is 0.278 e. The molecule has 0 bridgehead atoms. The van der Waals surface area contributed by atoms with Crippen molar-refractivity contribution in [3.05, 3.63) is 65.3 Å². The zero-order chi connectivity index (χ0) is 19.5.